The number of carbonyl (C=O) groups excluding carboxylic acids is 1. The van der Waals surface area contributed by atoms with E-state index in [-0.39, 0.29) is 5.91 Å². The monoisotopic (exact) mass is 310 g/mol. The molecular formula is C14H19BrN2O. The Morgan fingerprint density at radius 2 is 2.39 bits per heavy atom. The Kier molecular flexibility index (Phi) is 4.78. The van der Waals surface area contributed by atoms with Gasteiger partial charge in [-0.05, 0) is 60.8 Å². The predicted molar refractivity (Wildman–Crippen MR) is 76.9 cm³/mol. The lowest BCUT2D eigenvalue weighted by molar-refractivity contribution is 0.0951. The Labute approximate surface area is 116 Å². The Morgan fingerprint density at radius 3 is 3.11 bits per heavy atom. The summed E-state index contributed by atoms with van der Waals surface area (Å²) in [5, 5.41) is 6.41. The van der Waals surface area contributed by atoms with E-state index in [9.17, 15) is 4.79 Å². The molecule has 1 amide bonds. The molecule has 1 aliphatic rings. The second-order valence-corrected chi connectivity index (χ2v) is 5.68. The van der Waals surface area contributed by atoms with Crippen molar-refractivity contribution in [3.63, 3.8) is 0 Å². The quantitative estimate of drug-likeness (QED) is 0.897. The van der Waals surface area contributed by atoms with Crippen LogP contribution in [0.15, 0.2) is 22.7 Å². The molecule has 2 rings (SSSR count). The maximum Gasteiger partial charge on any atom is 0.252 e. The highest BCUT2D eigenvalue weighted by molar-refractivity contribution is 9.10. The van der Waals surface area contributed by atoms with Crippen molar-refractivity contribution in [2.75, 3.05) is 13.1 Å². The molecule has 0 spiro atoms. The minimum Gasteiger partial charge on any atom is -0.352 e. The van der Waals surface area contributed by atoms with Crippen molar-refractivity contribution in [2.24, 2.45) is 0 Å². The van der Waals surface area contributed by atoms with Crippen molar-refractivity contribution in [2.45, 2.75) is 32.2 Å². The van der Waals surface area contributed by atoms with Gasteiger partial charge in [0.15, 0.2) is 0 Å². The van der Waals surface area contributed by atoms with E-state index in [1.165, 1.54) is 12.8 Å². The first-order chi connectivity index (χ1) is 8.66. The number of amides is 1. The molecule has 4 heteroatoms. The number of rotatable bonds is 4. The average molecular weight is 311 g/mol. The number of hydrogen-bond donors (Lipinski definition) is 2. The van der Waals surface area contributed by atoms with Crippen LogP contribution in [0.4, 0.5) is 0 Å². The molecule has 1 aromatic rings. The molecule has 1 heterocycles. The lowest BCUT2D eigenvalue weighted by Crippen LogP contribution is -2.30. The van der Waals surface area contributed by atoms with Gasteiger partial charge in [-0.25, -0.2) is 0 Å². The number of nitrogens with one attached hydrogen (secondary N) is 2. The van der Waals surface area contributed by atoms with Gasteiger partial charge in [0.1, 0.15) is 0 Å². The van der Waals surface area contributed by atoms with E-state index in [4.69, 9.17) is 0 Å². The van der Waals surface area contributed by atoms with Gasteiger partial charge in [0.05, 0.1) is 5.56 Å². The highest BCUT2D eigenvalue weighted by Crippen LogP contribution is 2.18. The van der Waals surface area contributed by atoms with Gasteiger partial charge < -0.3 is 10.6 Å². The topological polar surface area (TPSA) is 41.1 Å². The van der Waals surface area contributed by atoms with Crippen molar-refractivity contribution >= 4 is 21.8 Å². The summed E-state index contributed by atoms with van der Waals surface area (Å²) in [7, 11) is 0. The van der Waals surface area contributed by atoms with E-state index in [0.717, 1.165) is 35.1 Å². The Hall–Kier alpha value is -0.870. The van der Waals surface area contributed by atoms with Crippen LogP contribution in [0.5, 0.6) is 0 Å². The van der Waals surface area contributed by atoms with Crippen molar-refractivity contribution < 1.29 is 4.79 Å². The predicted octanol–water partition coefficient (Wildman–Crippen LogP) is 2.63. The SMILES string of the molecule is Cc1ccc(Br)c(C(=O)NCC[C@@H]2CCCN2)c1. The third-order valence-electron chi connectivity index (χ3n) is 3.31. The summed E-state index contributed by atoms with van der Waals surface area (Å²) >= 11 is 3.42. The Morgan fingerprint density at radius 1 is 1.56 bits per heavy atom. The number of benzene rings is 1. The zero-order valence-corrected chi connectivity index (χ0v) is 12.2. The van der Waals surface area contributed by atoms with Gasteiger partial charge in [0.2, 0.25) is 0 Å². The summed E-state index contributed by atoms with van der Waals surface area (Å²) in [5.41, 5.74) is 1.81. The molecule has 2 N–H and O–H groups in total. The minimum absolute atomic E-state index is 0.00331. The van der Waals surface area contributed by atoms with Crippen LogP contribution < -0.4 is 10.6 Å². The normalized spacial score (nSPS) is 18.9. The van der Waals surface area contributed by atoms with Crippen LogP contribution in [0.25, 0.3) is 0 Å². The van der Waals surface area contributed by atoms with Gasteiger partial charge in [-0.3, -0.25) is 4.79 Å². The molecule has 1 aliphatic heterocycles. The van der Waals surface area contributed by atoms with Gasteiger partial charge in [-0.1, -0.05) is 11.6 Å². The second kappa shape index (κ2) is 6.34. The lowest BCUT2D eigenvalue weighted by atomic mass is 10.1. The zero-order valence-electron chi connectivity index (χ0n) is 10.6. The summed E-state index contributed by atoms with van der Waals surface area (Å²) in [6, 6.07) is 6.39. The summed E-state index contributed by atoms with van der Waals surface area (Å²) in [5.74, 6) is 0.00331. The molecule has 1 saturated heterocycles. The van der Waals surface area contributed by atoms with Crippen LogP contribution in [0.1, 0.15) is 35.2 Å². The van der Waals surface area contributed by atoms with Crippen LogP contribution in [0.2, 0.25) is 0 Å². The van der Waals surface area contributed by atoms with Gasteiger partial charge in [-0.15, -0.1) is 0 Å². The smallest absolute Gasteiger partial charge is 0.252 e. The van der Waals surface area contributed by atoms with E-state index in [2.05, 4.69) is 26.6 Å². The third kappa shape index (κ3) is 3.56. The molecule has 0 unspecified atom stereocenters. The molecule has 98 valence electrons. The first-order valence-electron chi connectivity index (χ1n) is 6.44. The zero-order chi connectivity index (χ0) is 13.0. The lowest BCUT2D eigenvalue weighted by Gasteiger charge is -2.11. The van der Waals surface area contributed by atoms with E-state index in [0.29, 0.717) is 6.04 Å². The van der Waals surface area contributed by atoms with E-state index in [1.54, 1.807) is 0 Å². The highest BCUT2D eigenvalue weighted by Gasteiger charge is 2.14. The largest absolute Gasteiger partial charge is 0.352 e. The van der Waals surface area contributed by atoms with Gasteiger partial charge in [0, 0.05) is 17.1 Å². The van der Waals surface area contributed by atoms with Crippen molar-refractivity contribution in [3.8, 4) is 0 Å². The summed E-state index contributed by atoms with van der Waals surface area (Å²) in [6.07, 6.45) is 3.49. The van der Waals surface area contributed by atoms with E-state index >= 15 is 0 Å². The number of carbonyl (C=O) groups is 1. The molecule has 0 radical (unpaired) electrons. The van der Waals surface area contributed by atoms with E-state index < -0.39 is 0 Å². The summed E-state index contributed by atoms with van der Waals surface area (Å²) in [4.78, 5) is 12.0. The maximum atomic E-state index is 12.0. The molecule has 0 aromatic heterocycles. The first-order valence-corrected chi connectivity index (χ1v) is 7.24. The molecule has 1 fully saturated rings. The molecule has 18 heavy (non-hydrogen) atoms. The minimum atomic E-state index is 0.00331. The molecule has 1 aromatic carbocycles. The van der Waals surface area contributed by atoms with Gasteiger partial charge in [-0.2, -0.15) is 0 Å². The Bertz CT molecular complexity index is 428. The number of aryl methyl sites for hydroxylation is 1. The molecule has 1 atom stereocenters. The van der Waals surface area contributed by atoms with Gasteiger partial charge >= 0.3 is 0 Å². The van der Waals surface area contributed by atoms with Crippen LogP contribution in [-0.4, -0.2) is 25.0 Å². The fraction of sp³-hybridized carbons (Fsp3) is 0.500. The molecule has 0 saturated carbocycles. The third-order valence-corrected chi connectivity index (χ3v) is 4.00. The van der Waals surface area contributed by atoms with Gasteiger partial charge in [0.25, 0.3) is 5.91 Å². The summed E-state index contributed by atoms with van der Waals surface area (Å²) in [6.45, 7) is 3.84. The number of halogens is 1. The maximum absolute atomic E-state index is 12.0. The van der Waals surface area contributed by atoms with Crippen molar-refractivity contribution in [3.05, 3.63) is 33.8 Å². The van der Waals surface area contributed by atoms with Crippen LogP contribution in [0.3, 0.4) is 0 Å². The first kappa shape index (κ1) is 13.6. The van der Waals surface area contributed by atoms with Crippen molar-refractivity contribution in [1.82, 2.24) is 10.6 Å². The molecule has 0 aliphatic carbocycles. The van der Waals surface area contributed by atoms with Crippen LogP contribution in [-0.2, 0) is 0 Å². The molecule has 3 nitrogen and oxygen atoms in total. The second-order valence-electron chi connectivity index (χ2n) is 4.82. The Balaban J connectivity index is 1.85. The standard InChI is InChI=1S/C14H19BrN2O/c1-10-4-5-13(15)12(9-10)14(18)17-8-6-11-3-2-7-16-11/h4-5,9,11,16H,2-3,6-8H2,1H3,(H,17,18)/t11-/m0/s1. The fourth-order valence-corrected chi connectivity index (χ4v) is 2.70. The average Bonchev–Trinajstić information content (AvgIpc) is 2.85. The van der Waals surface area contributed by atoms with Crippen LogP contribution in [0, 0.1) is 6.92 Å². The molecule has 0 bridgehead atoms. The van der Waals surface area contributed by atoms with Crippen molar-refractivity contribution in [1.29, 1.82) is 0 Å². The van der Waals surface area contributed by atoms with E-state index in [1.807, 2.05) is 25.1 Å². The summed E-state index contributed by atoms with van der Waals surface area (Å²) < 4.78 is 0.851. The van der Waals surface area contributed by atoms with Crippen LogP contribution >= 0.6 is 15.9 Å². The highest BCUT2D eigenvalue weighted by atomic mass is 79.9. The molecular weight excluding hydrogens is 292 g/mol. The fourth-order valence-electron chi connectivity index (χ4n) is 2.27. The number of hydrogen-bond acceptors (Lipinski definition) is 2.